The van der Waals surface area contributed by atoms with Gasteiger partial charge in [-0.2, -0.15) is 0 Å². The van der Waals surface area contributed by atoms with Gasteiger partial charge in [0.15, 0.2) is 0 Å². The van der Waals surface area contributed by atoms with E-state index in [9.17, 15) is 14.9 Å². The number of nitro benzene ring substituents is 1. The molecule has 0 fully saturated rings. The number of anilines is 1. The number of non-ortho nitro benzene ring substituents is 1. The number of nitrogens with two attached hydrogens (primary N) is 1. The third kappa shape index (κ3) is 4.15. The number of halogens is 1. The van der Waals surface area contributed by atoms with Crippen LogP contribution in [-0.4, -0.2) is 24.2 Å². The van der Waals surface area contributed by atoms with Gasteiger partial charge in [-0.05, 0) is 6.07 Å². The molecule has 1 aromatic carbocycles. The molecular weight excluding hydrogens is 250 g/mol. The second-order valence-electron chi connectivity index (χ2n) is 3.02. The van der Waals surface area contributed by atoms with Gasteiger partial charge in [0.05, 0.1) is 15.6 Å². The molecule has 0 spiro atoms. The maximum Gasteiger partial charge on any atom is 0.404 e. The van der Waals surface area contributed by atoms with Crippen LogP contribution < -0.4 is 11.1 Å². The van der Waals surface area contributed by atoms with E-state index in [1.165, 1.54) is 18.2 Å². The van der Waals surface area contributed by atoms with Gasteiger partial charge >= 0.3 is 6.09 Å². The summed E-state index contributed by atoms with van der Waals surface area (Å²) < 4.78 is 4.49. The molecule has 1 amide bonds. The van der Waals surface area contributed by atoms with Crippen LogP contribution in [0.3, 0.4) is 0 Å². The van der Waals surface area contributed by atoms with Gasteiger partial charge in [-0.1, -0.05) is 11.6 Å². The molecule has 0 aliphatic heterocycles. The number of rotatable bonds is 5. The average molecular weight is 260 g/mol. The van der Waals surface area contributed by atoms with E-state index in [4.69, 9.17) is 17.3 Å². The van der Waals surface area contributed by atoms with E-state index in [1.807, 2.05) is 0 Å². The van der Waals surface area contributed by atoms with Crippen LogP contribution in [0, 0.1) is 10.1 Å². The minimum absolute atomic E-state index is 0.0860. The SMILES string of the molecule is NC(=O)OCCNc1ccc([N+](=O)[O-])cc1Cl. The summed E-state index contributed by atoms with van der Waals surface area (Å²) in [6, 6.07) is 4.03. The first-order valence-electron chi connectivity index (χ1n) is 4.60. The number of carbonyl (C=O) groups is 1. The summed E-state index contributed by atoms with van der Waals surface area (Å²) in [7, 11) is 0. The minimum atomic E-state index is -0.860. The van der Waals surface area contributed by atoms with E-state index in [1.54, 1.807) is 0 Å². The summed E-state index contributed by atoms with van der Waals surface area (Å²) in [6.45, 7) is 0.392. The van der Waals surface area contributed by atoms with Crippen LogP contribution in [0.25, 0.3) is 0 Å². The van der Waals surface area contributed by atoms with Crippen molar-refractivity contribution in [1.82, 2.24) is 0 Å². The van der Waals surface area contributed by atoms with Gasteiger partial charge < -0.3 is 15.8 Å². The Morgan fingerprint density at radius 2 is 2.29 bits per heavy atom. The zero-order valence-electron chi connectivity index (χ0n) is 8.68. The van der Waals surface area contributed by atoms with Crippen molar-refractivity contribution in [2.24, 2.45) is 5.73 Å². The van der Waals surface area contributed by atoms with Gasteiger partial charge in [-0.15, -0.1) is 0 Å². The third-order valence-corrected chi connectivity index (χ3v) is 2.14. The molecule has 8 heteroatoms. The number of hydrogen-bond donors (Lipinski definition) is 2. The van der Waals surface area contributed by atoms with Gasteiger partial charge in [0.1, 0.15) is 6.61 Å². The van der Waals surface area contributed by atoms with Crippen molar-refractivity contribution >= 4 is 29.1 Å². The summed E-state index contributed by atoms with van der Waals surface area (Å²) in [5, 5.41) is 13.5. The summed E-state index contributed by atoms with van der Waals surface area (Å²) in [6.07, 6.45) is -0.860. The van der Waals surface area contributed by atoms with Crippen molar-refractivity contribution in [2.75, 3.05) is 18.5 Å². The van der Waals surface area contributed by atoms with Crippen molar-refractivity contribution in [1.29, 1.82) is 0 Å². The van der Waals surface area contributed by atoms with Gasteiger partial charge in [0, 0.05) is 18.7 Å². The highest BCUT2D eigenvalue weighted by atomic mass is 35.5. The summed E-state index contributed by atoms with van der Waals surface area (Å²) in [5.41, 5.74) is 5.19. The standard InChI is InChI=1S/C9H10ClN3O4/c10-7-5-6(13(15)16)1-2-8(7)12-3-4-17-9(11)14/h1-2,5,12H,3-4H2,(H2,11,14). The lowest BCUT2D eigenvalue weighted by Crippen LogP contribution is -2.18. The molecule has 0 unspecified atom stereocenters. The molecule has 0 saturated heterocycles. The molecule has 0 aliphatic carbocycles. The summed E-state index contributed by atoms with van der Waals surface area (Å²) in [5.74, 6) is 0. The first-order chi connectivity index (χ1) is 8.00. The molecule has 92 valence electrons. The van der Waals surface area contributed by atoms with Gasteiger partial charge in [-0.25, -0.2) is 4.79 Å². The Bertz CT molecular complexity index is 438. The van der Waals surface area contributed by atoms with Gasteiger partial charge in [0.2, 0.25) is 0 Å². The first-order valence-corrected chi connectivity index (χ1v) is 4.98. The highest BCUT2D eigenvalue weighted by molar-refractivity contribution is 6.33. The van der Waals surface area contributed by atoms with Crippen molar-refractivity contribution in [2.45, 2.75) is 0 Å². The Balaban J connectivity index is 2.54. The smallest absolute Gasteiger partial charge is 0.404 e. The monoisotopic (exact) mass is 259 g/mol. The van der Waals surface area contributed by atoms with E-state index in [0.717, 1.165) is 0 Å². The molecule has 0 radical (unpaired) electrons. The Kier molecular flexibility index (Phi) is 4.53. The zero-order valence-corrected chi connectivity index (χ0v) is 9.44. The quantitative estimate of drug-likeness (QED) is 0.476. The Hall–Kier alpha value is -2.02. The Morgan fingerprint density at radius 3 is 2.82 bits per heavy atom. The fraction of sp³-hybridized carbons (Fsp3) is 0.222. The van der Waals surface area contributed by atoms with Gasteiger partial charge in [0.25, 0.3) is 5.69 Å². The molecule has 1 rings (SSSR count). The van der Waals surface area contributed by atoms with E-state index in [-0.39, 0.29) is 17.3 Å². The molecular formula is C9H10ClN3O4. The van der Waals surface area contributed by atoms with Gasteiger partial charge in [-0.3, -0.25) is 10.1 Å². The number of nitrogens with zero attached hydrogens (tertiary/aromatic N) is 1. The molecule has 0 heterocycles. The molecule has 0 bridgehead atoms. The average Bonchev–Trinajstić information content (AvgIpc) is 2.25. The highest BCUT2D eigenvalue weighted by Crippen LogP contribution is 2.26. The lowest BCUT2D eigenvalue weighted by Gasteiger charge is -2.07. The number of ether oxygens (including phenoxy) is 1. The number of amides is 1. The molecule has 1 aromatic rings. The van der Waals surface area contributed by atoms with Crippen LogP contribution in [-0.2, 0) is 4.74 Å². The van der Waals surface area contributed by atoms with E-state index < -0.39 is 11.0 Å². The maximum atomic E-state index is 10.5. The number of carbonyl (C=O) groups excluding carboxylic acids is 1. The van der Waals surface area contributed by atoms with Crippen LogP contribution in [0.15, 0.2) is 18.2 Å². The molecule has 3 N–H and O–H groups in total. The van der Waals surface area contributed by atoms with E-state index >= 15 is 0 Å². The molecule has 17 heavy (non-hydrogen) atoms. The van der Waals surface area contributed by atoms with Crippen molar-refractivity contribution in [3.8, 4) is 0 Å². The second kappa shape index (κ2) is 5.90. The zero-order chi connectivity index (χ0) is 12.8. The number of nitro groups is 1. The van der Waals surface area contributed by atoms with Crippen LogP contribution in [0.2, 0.25) is 5.02 Å². The predicted octanol–water partition coefficient (Wildman–Crippen LogP) is 1.76. The molecule has 0 aliphatic rings. The summed E-state index contributed by atoms with van der Waals surface area (Å²) >= 11 is 5.82. The molecule has 7 nitrogen and oxygen atoms in total. The van der Waals surface area contributed by atoms with Crippen molar-refractivity contribution < 1.29 is 14.5 Å². The van der Waals surface area contributed by atoms with E-state index in [2.05, 4.69) is 10.1 Å². The molecule has 0 saturated carbocycles. The fourth-order valence-corrected chi connectivity index (χ4v) is 1.34. The summed E-state index contributed by atoms with van der Waals surface area (Å²) in [4.78, 5) is 20.2. The number of hydrogen-bond acceptors (Lipinski definition) is 5. The van der Waals surface area contributed by atoms with Crippen LogP contribution in [0.1, 0.15) is 0 Å². The third-order valence-electron chi connectivity index (χ3n) is 1.83. The first kappa shape index (κ1) is 13.0. The number of benzene rings is 1. The molecule has 0 atom stereocenters. The molecule has 0 aromatic heterocycles. The minimum Gasteiger partial charge on any atom is -0.448 e. The van der Waals surface area contributed by atoms with Crippen LogP contribution >= 0.6 is 11.6 Å². The lowest BCUT2D eigenvalue weighted by molar-refractivity contribution is -0.384. The lowest BCUT2D eigenvalue weighted by atomic mass is 10.3. The van der Waals surface area contributed by atoms with Crippen molar-refractivity contribution in [3.05, 3.63) is 33.3 Å². The second-order valence-corrected chi connectivity index (χ2v) is 3.42. The topological polar surface area (TPSA) is 107 Å². The Labute approximate surface area is 102 Å². The number of nitrogens with one attached hydrogen (secondary N) is 1. The van der Waals surface area contributed by atoms with Crippen LogP contribution in [0.4, 0.5) is 16.2 Å². The van der Waals surface area contributed by atoms with Crippen molar-refractivity contribution in [3.63, 3.8) is 0 Å². The fourth-order valence-electron chi connectivity index (χ4n) is 1.10. The number of primary amides is 1. The normalized spacial score (nSPS) is 9.71. The predicted molar refractivity (Wildman–Crippen MR) is 62.1 cm³/mol. The Morgan fingerprint density at radius 1 is 1.59 bits per heavy atom. The van der Waals surface area contributed by atoms with E-state index in [0.29, 0.717) is 12.2 Å². The largest absolute Gasteiger partial charge is 0.448 e. The maximum absolute atomic E-state index is 10.5. The highest BCUT2D eigenvalue weighted by Gasteiger charge is 2.08. The van der Waals surface area contributed by atoms with Crippen LogP contribution in [0.5, 0.6) is 0 Å².